The second-order valence-electron chi connectivity index (χ2n) is 4.52. The Hall–Kier alpha value is -0.460. The topological polar surface area (TPSA) is 61.4 Å². The van der Waals surface area contributed by atoms with Gasteiger partial charge in [-0.15, -0.1) is 0 Å². The summed E-state index contributed by atoms with van der Waals surface area (Å²) in [6.07, 6.45) is 1.66. The lowest BCUT2D eigenvalue weighted by Crippen LogP contribution is -2.53. The number of piperazine rings is 1. The molecule has 0 aliphatic carbocycles. The van der Waals surface area contributed by atoms with E-state index >= 15 is 0 Å². The van der Waals surface area contributed by atoms with Crippen LogP contribution in [0.25, 0.3) is 0 Å². The molecule has 5 nitrogen and oxygen atoms in total. The number of rotatable bonds is 5. The van der Waals surface area contributed by atoms with Crippen molar-refractivity contribution < 1.29 is 9.00 Å². The summed E-state index contributed by atoms with van der Waals surface area (Å²) in [7, 11) is -0.883. The van der Waals surface area contributed by atoms with E-state index in [2.05, 4.69) is 15.5 Å². The Morgan fingerprint density at radius 3 is 2.53 bits per heavy atom. The highest BCUT2D eigenvalue weighted by Gasteiger charge is 2.22. The first-order valence-electron chi connectivity index (χ1n) is 6.07. The van der Waals surface area contributed by atoms with Crippen molar-refractivity contribution in [2.24, 2.45) is 0 Å². The summed E-state index contributed by atoms with van der Waals surface area (Å²) in [5.74, 6) is 0.0317. The van der Waals surface area contributed by atoms with Gasteiger partial charge in [-0.25, -0.2) is 0 Å². The molecule has 17 heavy (non-hydrogen) atoms. The van der Waals surface area contributed by atoms with E-state index in [1.807, 2.05) is 13.8 Å². The minimum Gasteiger partial charge on any atom is -0.354 e. The normalized spacial score (nSPS) is 22.8. The second-order valence-corrected chi connectivity index (χ2v) is 6.32. The maximum absolute atomic E-state index is 11.9. The van der Waals surface area contributed by atoms with Gasteiger partial charge in [0.2, 0.25) is 5.91 Å². The van der Waals surface area contributed by atoms with Crippen LogP contribution < -0.4 is 10.6 Å². The van der Waals surface area contributed by atoms with Gasteiger partial charge in [0.05, 0.1) is 6.04 Å². The first-order valence-corrected chi connectivity index (χ1v) is 7.69. The Labute approximate surface area is 106 Å². The van der Waals surface area contributed by atoms with E-state index in [1.54, 1.807) is 6.26 Å². The molecule has 0 saturated carbocycles. The summed E-state index contributed by atoms with van der Waals surface area (Å²) in [5, 5.41) is 6.14. The van der Waals surface area contributed by atoms with Gasteiger partial charge in [-0.05, 0) is 13.8 Å². The highest BCUT2D eigenvalue weighted by atomic mass is 32.2. The maximum Gasteiger partial charge on any atom is 0.237 e. The standard InChI is InChI=1S/C11H23N3O2S/c1-9(17(3)16)8-13-11(15)10(2)14-6-4-12-5-7-14/h9-10,12H,4-8H2,1-3H3,(H,13,15). The lowest BCUT2D eigenvalue weighted by atomic mass is 10.2. The first-order chi connectivity index (χ1) is 8.02. The summed E-state index contributed by atoms with van der Waals surface area (Å²) >= 11 is 0. The fourth-order valence-electron chi connectivity index (χ4n) is 1.74. The van der Waals surface area contributed by atoms with Crippen LogP contribution in [-0.4, -0.2) is 65.3 Å². The Balaban J connectivity index is 2.33. The Bertz CT molecular complexity index is 280. The predicted molar refractivity (Wildman–Crippen MR) is 70.4 cm³/mol. The van der Waals surface area contributed by atoms with Crippen molar-refractivity contribution >= 4 is 16.7 Å². The van der Waals surface area contributed by atoms with Crippen LogP contribution in [0.4, 0.5) is 0 Å². The molecule has 2 N–H and O–H groups in total. The van der Waals surface area contributed by atoms with Crippen LogP contribution in [0.15, 0.2) is 0 Å². The predicted octanol–water partition coefficient (Wildman–Crippen LogP) is -0.837. The number of hydrogen-bond donors (Lipinski definition) is 2. The van der Waals surface area contributed by atoms with E-state index in [0.717, 1.165) is 26.2 Å². The van der Waals surface area contributed by atoms with Gasteiger partial charge >= 0.3 is 0 Å². The zero-order valence-corrected chi connectivity index (χ0v) is 11.7. The van der Waals surface area contributed by atoms with E-state index in [0.29, 0.717) is 6.54 Å². The second kappa shape index (κ2) is 7.08. The smallest absolute Gasteiger partial charge is 0.237 e. The van der Waals surface area contributed by atoms with Crippen molar-refractivity contribution in [2.75, 3.05) is 39.0 Å². The van der Waals surface area contributed by atoms with Crippen LogP contribution in [0.2, 0.25) is 0 Å². The van der Waals surface area contributed by atoms with Crippen molar-refractivity contribution in [2.45, 2.75) is 25.1 Å². The third-order valence-electron chi connectivity index (χ3n) is 3.21. The molecule has 0 aromatic carbocycles. The Morgan fingerprint density at radius 2 is 2.00 bits per heavy atom. The fourth-order valence-corrected chi connectivity index (χ4v) is 2.06. The lowest BCUT2D eigenvalue weighted by Gasteiger charge is -2.32. The molecule has 6 heteroatoms. The average Bonchev–Trinajstić information content (AvgIpc) is 2.35. The summed E-state index contributed by atoms with van der Waals surface area (Å²) in [6, 6.07) is -0.102. The van der Waals surface area contributed by atoms with E-state index in [9.17, 15) is 9.00 Å². The van der Waals surface area contributed by atoms with Crippen molar-refractivity contribution in [3.05, 3.63) is 0 Å². The summed E-state index contributed by atoms with van der Waals surface area (Å²) in [6.45, 7) is 7.98. The Kier molecular flexibility index (Phi) is 6.08. The molecule has 3 atom stereocenters. The van der Waals surface area contributed by atoms with Gasteiger partial charge in [0, 0.05) is 55.0 Å². The van der Waals surface area contributed by atoms with E-state index < -0.39 is 10.8 Å². The third kappa shape index (κ3) is 4.73. The molecule has 1 heterocycles. The van der Waals surface area contributed by atoms with Gasteiger partial charge in [0.15, 0.2) is 0 Å². The molecule has 0 radical (unpaired) electrons. The molecule has 1 aliphatic heterocycles. The van der Waals surface area contributed by atoms with E-state index in [1.165, 1.54) is 0 Å². The monoisotopic (exact) mass is 261 g/mol. The Morgan fingerprint density at radius 1 is 1.41 bits per heavy atom. The molecule has 3 unspecified atom stereocenters. The van der Waals surface area contributed by atoms with Gasteiger partial charge in [0.25, 0.3) is 0 Å². The number of nitrogens with one attached hydrogen (secondary N) is 2. The van der Waals surface area contributed by atoms with Crippen LogP contribution in [-0.2, 0) is 15.6 Å². The summed E-state index contributed by atoms with van der Waals surface area (Å²) in [5.41, 5.74) is 0. The molecule has 0 aromatic rings. The van der Waals surface area contributed by atoms with Crippen LogP contribution in [0.5, 0.6) is 0 Å². The lowest BCUT2D eigenvalue weighted by molar-refractivity contribution is -0.126. The molecule has 1 aliphatic rings. The minimum atomic E-state index is -0.883. The molecular weight excluding hydrogens is 238 g/mol. The first kappa shape index (κ1) is 14.6. The average molecular weight is 261 g/mol. The number of nitrogens with zero attached hydrogens (tertiary/aromatic N) is 1. The number of carbonyl (C=O) groups excluding carboxylic acids is 1. The largest absolute Gasteiger partial charge is 0.354 e. The summed E-state index contributed by atoms with van der Waals surface area (Å²) in [4.78, 5) is 14.1. The molecule has 0 aromatic heterocycles. The van der Waals surface area contributed by atoms with E-state index in [4.69, 9.17) is 0 Å². The molecule has 1 rings (SSSR count). The molecule has 100 valence electrons. The highest BCUT2D eigenvalue weighted by Crippen LogP contribution is 2.01. The van der Waals surface area contributed by atoms with Gasteiger partial charge in [-0.1, -0.05) is 0 Å². The fraction of sp³-hybridized carbons (Fsp3) is 0.909. The minimum absolute atomic E-state index is 0.00849. The molecule has 1 saturated heterocycles. The van der Waals surface area contributed by atoms with Gasteiger partial charge < -0.3 is 10.6 Å². The molecule has 1 fully saturated rings. The van der Waals surface area contributed by atoms with Gasteiger partial charge in [0.1, 0.15) is 0 Å². The highest BCUT2D eigenvalue weighted by molar-refractivity contribution is 7.84. The van der Waals surface area contributed by atoms with Crippen LogP contribution >= 0.6 is 0 Å². The van der Waals surface area contributed by atoms with Crippen molar-refractivity contribution in [3.63, 3.8) is 0 Å². The maximum atomic E-state index is 11.9. The van der Waals surface area contributed by atoms with Gasteiger partial charge in [-0.2, -0.15) is 0 Å². The molecule has 0 bridgehead atoms. The number of hydrogen-bond acceptors (Lipinski definition) is 4. The van der Waals surface area contributed by atoms with Crippen LogP contribution in [0.1, 0.15) is 13.8 Å². The molecule has 1 amide bonds. The summed E-state index contributed by atoms with van der Waals surface area (Å²) < 4.78 is 11.2. The van der Waals surface area contributed by atoms with Crippen molar-refractivity contribution in [1.82, 2.24) is 15.5 Å². The van der Waals surface area contributed by atoms with Crippen molar-refractivity contribution in [3.8, 4) is 0 Å². The molecule has 0 spiro atoms. The van der Waals surface area contributed by atoms with Gasteiger partial charge in [-0.3, -0.25) is 13.9 Å². The zero-order valence-electron chi connectivity index (χ0n) is 10.9. The van der Waals surface area contributed by atoms with Crippen LogP contribution in [0.3, 0.4) is 0 Å². The van der Waals surface area contributed by atoms with Crippen LogP contribution in [0, 0.1) is 0 Å². The number of amides is 1. The SMILES string of the molecule is CC(C(=O)NCC(C)S(C)=O)N1CCNCC1. The van der Waals surface area contributed by atoms with E-state index in [-0.39, 0.29) is 17.2 Å². The molecular formula is C11H23N3O2S. The quantitative estimate of drug-likeness (QED) is 0.678. The third-order valence-corrected chi connectivity index (χ3v) is 4.51. The van der Waals surface area contributed by atoms with Crippen molar-refractivity contribution in [1.29, 1.82) is 0 Å². The zero-order chi connectivity index (χ0) is 12.8. The number of carbonyl (C=O) groups is 1.